The van der Waals surface area contributed by atoms with E-state index in [1.165, 1.54) is 0 Å². The Morgan fingerprint density at radius 2 is 1.45 bits per heavy atom. The van der Waals surface area contributed by atoms with Crippen molar-refractivity contribution in [3.05, 3.63) is 89.0 Å². The number of hydrogen-bond donors (Lipinski definition) is 0. The SMILES string of the molecule is CCCCc1cc(OP(=O)(OCC)OCC)c(N(Cc2ccccc2)c2ccccc2)c2c1C(=O)OC2=O. The van der Waals surface area contributed by atoms with Crippen LogP contribution >= 0.6 is 7.82 Å². The number of ether oxygens (including phenoxy) is 1. The third-order valence-electron chi connectivity index (χ3n) is 6.05. The fraction of sp³-hybridized carbons (Fsp3) is 0.310. The first-order chi connectivity index (χ1) is 18.4. The molecule has 0 amide bonds. The number of phosphoric ester groups is 1. The quantitative estimate of drug-likeness (QED) is 0.128. The average Bonchev–Trinajstić information content (AvgIpc) is 3.21. The number of carbonyl (C=O) groups is 2. The number of fused-ring (bicyclic) bond motifs is 1. The van der Waals surface area contributed by atoms with Crippen LogP contribution in [0.25, 0.3) is 0 Å². The van der Waals surface area contributed by atoms with Gasteiger partial charge in [-0.3, -0.25) is 9.05 Å². The Morgan fingerprint density at radius 3 is 2.05 bits per heavy atom. The lowest BCUT2D eigenvalue weighted by Gasteiger charge is -2.30. The van der Waals surface area contributed by atoms with E-state index >= 15 is 0 Å². The zero-order valence-corrected chi connectivity index (χ0v) is 22.7. The number of benzene rings is 3. The van der Waals surface area contributed by atoms with Crippen LogP contribution in [0.4, 0.5) is 11.4 Å². The van der Waals surface area contributed by atoms with Crippen molar-refractivity contribution in [1.82, 2.24) is 0 Å². The van der Waals surface area contributed by atoms with Crippen molar-refractivity contribution in [2.45, 2.75) is 46.6 Å². The standard InChI is InChI=1S/C29H32NO7P/c1-4-7-16-22-19-24(37-38(33,34-5-2)35-6-3)27(26-25(22)28(31)36-29(26)32)30(23-17-12-9-13-18-23)20-21-14-10-8-11-15-21/h8-15,17-19H,4-7,16,20H2,1-3H3. The van der Waals surface area contributed by atoms with E-state index in [2.05, 4.69) is 0 Å². The molecule has 3 aromatic rings. The molecule has 0 saturated heterocycles. The number of para-hydroxylation sites is 1. The number of anilines is 2. The molecule has 3 aromatic carbocycles. The average molecular weight is 538 g/mol. The van der Waals surface area contributed by atoms with Crippen LogP contribution in [0.15, 0.2) is 66.7 Å². The van der Waals surface area contributed by atoms with Gasteiger partial charge in [0.25, 0.3) is 0 Å². The summed E-state index contributed by atoms with van der Waals surface area (Å²) in [5.74, 6) is -1.36. The van der Waals surface area contributed by atoms with E-state index in [-0.39, 0.29) is 35.8 Å². The van der Waals surface area contributed by atoms with Crippen LogP contribution in [0.2, 0.25) is 0 Å². The smallest absolute Gasteiger partial charge is 0.402 e. The Balaban J connectivity index is 2.00. The second kappa shape index (κ2) is 12.4. The van der Waals surface area contributed by atoms with Gasteiger partial charge in [-0.25, -0.2) is 14.2 Å². The van der Waals surface area contributed by atoms with Gasteiger partial charge in [-0.15, -0.1) is 0 Å². The topological polar surface area (TPSA) is 91.4 Å². The minimum absolute atomic E-state index is 0.0814. The highest BCUT2D eigenvalue weighted by Crippen LogP contribution is 2.54. The number of unbranched alkanes of at least 4 members (excludes halogenated alkanes) is 1. The molecule has 0 saturated carbocycles. The molecule has 0 radical (unpaired) electrons. The van der Waals surface area contributed by atoms with Crippen LogP contribution in [0.5, 0.6) is 5.75 Å². The zero-order valence-electron chi connectivity index (χ0n) is 21.8. The predicted molar refractivity (Wildman–Crippen MR) is 145 cm³/mol. The Kier molecular flexibility index (Phi) is 9.00. The molecule has 1 heterocycles. The maximum absolute atomic E-state index is 13.6. The molecule has 0 N–H and O–H groups in total. The Bertz CT molecular complexity index is 1320. The summed E-state index contributed by atoms with van der Waals surface area (Å²) in [6.45, 7) is 5.92. The summed E-state index contributed by atoms with van der Waals surface area (Å²) in [4.78, 5) is 28.0. The van der Waals surface area contributed by atoms with E-state index in [0.29, 0.717) is 18.5 Å². The van der Waals surface area contributed by atoms with Crippen molar-refractivity contribution in [1.29, 1.82) is 0 Å². The molecule has 1 aliphatic rings. The summed E-state index contributed by atoms with van der Waals surface area (Å²) in [6.07, 6.45) is 2.15. The Hall–Kier alpha value is -3.45. The summed E-state index contributed by atoms with van der Waals surface area (Å²) in [6, 6.07) is 20.7. The third kappa shape index (κ3) is 5.99. The largest absolute Gasteiger partial charge is 0.530 e. The number of cyclic esters (lactones) is 2. The van der Waals surface area contributed by atoms with Crippen LogP contribution in [-0.2, 0) is 31.3 Å². The highest BCUT2D eigenvalue weighted by Gasteiger charge is 2.41. The van der Waals surface area contributed by atoms with Crippen molar-refractivity contribution in [2.24, 2.45) is 0 Å². The van der Waals surface area contributed by atoms with Crippen molar-refractivity contribution in [3.8, 4) is 5.75 Å². The van der Waals surface area contributed by atoms with Gasteiger partial charge in [-0.2, -0.15) is 0 Å². The van der Waals surface area contributed by atoms with Gasteiger partial charge in [0.2, 0.25) is 0 Å². The molecule has 200 valence electrons. The molecule has 0 atom stereocenters. The van der Waals surface area contributed by atoms with Gasteiger partial charge in [-0.05, 0) is 56.0 Å². The van der Waals surface area contributed by atoms with Gasteiger partial charge in [0.05, 0.1) is 18.8 Å². The minimum Gasteiger partial charge on any atom is -0.402 e. The van der Waals surface area contributed by atoms with Crippen molar-refractivity contribution in [2.75, 3.05) is 18.1 Å². The van der Waals surface area contributed by atoms with Crippen molar-refractivity contribution >= 4 is 31.1 Å². The monoisotopic (exact) mass is 537 g/mol. The van der Waals surface area contributed by atoms with Crippen LogP contribution in [0.3, 0.4) is 0 Å². The summed E-state index contributed by atoms with van der Waals surface area (Å²) < 4.78 is 35.6. The van der Waals surface area contributed by atoms with Crippen LogP contribution in [-0.4, -0.2) is 25.2 Å². The third-order valence-corrected chi connectivity index (χ3v) is 7.61. The van der Waals surface area contributed by atoms with Crippen molar-refractivity contribution < 1.29 is 32.5 Å². The fourth-order valence-electron chi connectivity index (χ4n) is 4.42. The maximum Gasteiger partial charge on any atom is 0.530 e. The zero-order chi connectivity index (χ0) is 27.1. The van der Waals surface area contributed by atoms with E-state index in [4.69, 9.17) is 18.3 Å². The molecule has 9 heteroatoms. The molecule has 4 rings (SSSR count). The van der Waals surface area contributed by atoms with Crippen LogP contribution in [0.1, 0.15) is 65.5 Å². The summed E-state index contributed by atoms with van der Waals surface area (Å²) in [5.41, 5.74) is 2.83. The number of esters is 2. The summed E-state index contributed by atoms with van der Waals surface area (Å²) in [5, 5.41) is 0. The van der Waals surface area contributed by atoms with E-state index < -0.39 is 19.8 Å². The molecule has 1 aliphatic heterocycles. The molecular formula is C29H32NO7P. The van der Waals surface area contributed by atoms with Gasteiger partial charge >= 0.3 is 19.8 Å². The van der Waals surface area contributed by atoms with E-state index in [9.17, 15) is 14.2 Å². The lowest BCUT2D eigenvalue weighted by Crippen LogP contribution is -2.21. The van der Waals surface area contributed by atoms with Gasteiger partial charge in [0.1, 0.15) is 11.3 Å². The molecule has 0 aromatic heterocycles. The van der Waals surface area contributed by atoms with E-state index in [0.717, 1.165) is 24.1 Å². The van der Waals surface area contributed by atoms with Gasteiger partial charge in [0.15, 0.2) is 5.75 Å². The number of rotatable bonds is 13. The number of aryl methyl sites for hydroxylation is 1. The molecule has 0 aliphatic carbocycles. The number of hydrogen-bond acceptors (Lipinski definition) is 8. The summed E-state index contributed by atoms with van der Waals surface area (Å²) in [7, 11) is -4.05. The lowest BCUT2D eigenvalue weighted by molar-refractivity contribution is 0.0443. The molecule has 8 nitrogen and oxygen atoms in total. The molecular weight excluding hydrogens is 505 g/mol. The first-order valence-corrected chi connectivity index (χ1v) is 14.3. The molecule has 0 bridgehead atoms. The lowest BCUT2D eigenvalue weighted by atomic mass is 9.95. The van der Waals surface area contributed by atoms with E-state index in [1.54, 1.807) is 19.9 Å². The fourth-order valence-corrected chi connectivity index (χ4v) is 5.61. The summed E-state index contributed by atoms with van der Waals surface area (Å²) >= 11 is 0. The normalized spacial score (nSPS) is 12.8. The van der Waals surface area contributed by atoms with Gasteiger partial charge in [0, 0.05) is 12.2 Å². The van der Waals surface area contributed by atoms with Crippen molar-refractivity contribution in [3.63, 3.8) is 0 Å². The van der Waals surface area contributed by atoms with Crippen LogP contribution in [0, 0.1) is 0 Å². The number of phosphoric acid groups is 1. The van der Waals surface area contributed by atoms with E-state index in [1.807, 2.05) is 72.5 Å². The second-order valence-electron chi connectivity index (χ2n) is 8.69. The second-order valence-corrected chi connectivity index (χ2v) is 10.3. The molecule has 0 unspecified atom stereocenters. The molecule has 0 spiro atoms. The highest BCUT2D eigenvalue weighted by atomic mass is 31.2. The first-order valence-electron chi connectivity index (χ1n) is 12.8. The molecule has 0 fully saturated rings. The highest BCUT2D eigenvalue weighted by molar-refractivity contribution is 7.48. The number of nitrogens with zero attached hydrogens (tertiary/aromatic N) is 1. The van der Waals surface area contributed by atoms with Crippen LogP contribution < -0.4 is 9.42 Å². The first kappa shape index (κ1) is 27.6. The Labute approximate surface area is 223 Å². The van der Waals surface area contributed by atoms with Gasteiger partial charge in [-0.1, -0.05) is 61.9 Å². The van der Waals surface area contributed by atoms with Gasteiger partial charge < -0.3 is 14.2 Å². The predicted octanol–water partition coefficient (Wildman–Crippen LogP) is 7.24. The Morgan fingerprint density at radius 1 is 0.842 bits per heavy atom. The maximum atomic E-state index is 13.6. The molecule has 38 heavy (non-hydrogen) atoms. The number of carbonyl (C=O) groups excluding carboxylic acids is 2. The minimum atomic E-state index is -4.05.